The third-order valence-corrected chi connectivity index (χ3v) is 3.31. The van der Waals surface area contributed by atoms with Gasteiger partial charge in [0.1, 0.15) is 23.1 Å². The van der Waals surface area contributed by atoms with Gasteiger partial charge in [-0.3, -0.25) is 0 Å². The highest BCUT2D eigenvalue weighted by Gasteiger charge is 2.18. The van der Waals surface area contributed by atoms with Gasteiger partial charge in [0.15, 0.2) is 5.82 Å². The van der Waals surface area contributed by atoms with Crippen molar-refractivity contribution in [2.45, 2.75) is 20.5 Å². The summed E-state index contributed by atoms with van der Waals surface area (Å²) in [4.78, 5) is 8.48. The van der Waals surface area contributed by atoms with Gasteiger partial charge < -0.3 is 9.26 Å². The maximum atomic E-state index is 6.04. The van der Waals surface area contributed by atoms with Crippen LogP contribution in [0.5, 0.6) is 5.75 Å². The van der Waals surface area contributed by atoms with Gasteiger partial charge in [0.2, 0.25) is 0 Å². The van der Waals surface area contributed by atoms with Crippen LogP contribution >= 0.6 is 11.6 Å². The standard InChI is InChI=1S/C16H14ClN3O2/c1-10-15(16-19-11(2)20-22-16)13(8-14(17)18-10)21-9-12-6-4-3-5-7-12/h3-8H,9H2,1-2H3. The molecule has 0 saturated heterocycles. The zero-order valence-corrected chi connectivity index (χ0v) is 13.0. The van der Waals surface area contributed by atoms with Crippen molar-refractivity contribution < 1.29 is 9.26 Å². The van der Waals surface area contributed by atoms with E-state index in [1.807, 2.05) is 37.3 Å². The van der Waals surface area contributed by atoms with Crippen molar-refractivity contribution in [3.05, 3.63) is 58.6 Å². The van der Waals surface area contributed by atoms with Crippen molar-refractivity contribution in [2.24, 2.45) is 0 Å². The molecule has 0 bridgehead atoms. The van der Waals surface area contributed by atoms with Crippen LogP contribution in [0.4, 0.5) is 0 Å². The summed E-state index contributed by atoms with van der Waals surface area (Å²) >= 11 is 6.04. The Morgan fingerprint density at radius 3 is 2.59 bits per heavy atom. The van der Waals surface area contributed by atoms with Crippen molar-refractivity contribution in [3.8, 4) is 17.2 Å². The van der Waals surface area contributed by atoms with Gasteiger partial charge in [0, 0.05) is 6.07 Å². The quantitative estimate of drug-likeness (QED) is 0.681. The van der Waals surface area contributed by atoms with Gasteiger partial charge in [0.25, 0.3) is 5.89 Å². The summed E-state index contributed by atoms with van der Waals surface area (Å²) in [6, 6.07) is 11.5. The van der Waals surface area contributed by atoms with Gasteiger partial charge in [-0.1, -0.05) is 47.1 Å². The van der Waals surface area contributed by atoms with E-state index >= 15 is 0 Å². The lowest BCUT2D eigenvalue weighted by atomic mass is 10.2. The fourth-order valence-corrected chi connectivity index (χ4v) is 2.34. The van der Waals surface area contributed by atoms with Gasteiger partial charge in [-0.2, -0.15) is 4.98 Å². The molecule has 6 heteroatoms. The number of aryl methyl sites for hydroxylation is 2. The maximum absolute atomic E-state index is 6.04. The smallest absolute Gasteiger partial charge is 0.263 e. The molecule has 22 heavy (non-hydrogen) atoms. The van der Waals surface area contributed by atoms with E-state index in [4.69, 9.17) is 20.9 Å². The van der Waals surface area contributed by atoms with E-state index in [2.05, 4.69) is 15.1 Å². The highest BCUT2D eigenvalue weighted by Crippen LogP contribution is 2.33. The Hall–Kier alpha value is -2.40. The molecule has 2 heterocycles. The summed E-state index contributed by atoms with van der Waals surface area (Å²) in [5.74, 6) is 1.51. The fraction of sp³-hybridized carbons (Fsp3) is 0.188. The lowest BCUT2D eigenvalue weighted by molar-refractivity contribution is 0.305. The molecule has 1 aromatic carbocycles. The Morgan fingerprint density at radius 2 is 1.91 bits per heavy atom. The Morgan fingerprint density at radius 1 is 1.14 bits per heavy atom. The van der Waals surface area contributed by atoms with Crippen LogP contribution in [-0.4, -0.2) is 15.1 Å². The molecule has 112 valence electrons. The Labute approximate surface area is 132 Å². The number of halogens is 1. The lowest BCUT2D eigenvalue weighted by Crippen LogP contribution is -2.00. The molecule has 0 spiro atoms. The SMILES string of the molecule is Cc1noc(-c2c(OCc3ccccc3)cc(Cl)nc2C)n1. The molecule has 0 N–H and O–H groups in total. The second-order valence-corrected chi connectivity index (χ2v) is 5.21. The zero-order valence-electron chi connectivity index (χ0n) is 12.2. The summed E-state index contributed by atoms with van der Waals surface area (Å²) in [5, 5.41) is 4.18. The van der Waals surface area contributed by atoms with Crippen molar-refractivity contribution in [2.75, 3.05) is 0 Å². The van der Waals surface area contributed by atoms with E-state index in [0.717, 1.165) is 5.56 Å². The number of hydrogen-bond acceptors (Lipinski definition) is 5. The average molecular weight is 316 g/mol. The summed E-state index contributed by atoms with van der Waals surface area (Å²) < 4.78 is 11.1. The van der Waals surface area contributed by atoms with Crippen LogP contribution in [0.15, 0.2) is 40.9 Å². The van der Waals surface area contributed by atoms with Gasteiger partial charge in [0.05, 0.1) is 5.69 Å². The normalized spacial score (nSPS) is 10.7. The topological polar surface area (TPSA) is 61.0 Å². The molecule has 0 fully saturated rings. The summed E-state index contributed by atoms with van der Waals surface area (Å²) in [6.45, 7) is 4.01. The van der Waals surface area contributed by atoms with E-state index in [0.29, 0.717) is 40.5 Å². The van der Waals surface area contributed by atoms with Crippen LogP contribution < -0.4 is 4.74 Å². The van der Waals surface area contributed by atoms with Crippen LogP contribution in [0.2, 0.25) is 5.15 Å². The van der Waals surface area contributed by atoms with Gasteiger partial charge in [-0.15, -0.1) is 0 Å². The highest BCUT2D eigenvalue weighted by atomic mass is 35.5. The molecule has 0 atom stereocenters. The second kappa shape index (κ2) is 6.15. The number of hydrogen-bond donors (Lipinski definition) is 0. The number of aromatic nitrogens is 3. The second-order valence-electron chi connectivity index (χ2n) is 4.82. The van der Waals surface area contributed by atoms with E-state index in [1.165, 1.54) is 0 Å². The molecule has 0 amide bonds. The third kappa shape index (κ3) is 3.09. The van der Waals surface area contributed by atoms with E-state index in [-0.39, 0.29) is 0 Å². The number of rotatable bonds is 4. The molecule has 2 aromatic heterocycles. The summed E-state index contributed by atoms with van der Waals surface area (Å²) in [5.41, 5.74) is 2.40. The minimum absolute atomic E-state index is 0.362. The van der Waals surface area contributed by atoms with E-state index in [1.54, 1.807) is 13.0 Å². The van der Waals surface area contributed by atoms with Crippen molar-refractivity contribution in [1.29, 1.82) is 0 Å². The minimum Gasteiger partial charge on any atom is -0.488 e. The molecule has 0 aliphatic rings. The fourth-order valence-electron chi connectivity index (χ4n) is 2.11. The molecule has 0 aliphatic carbocycles. The Kier molecular flexibility index (Phi) is 4.06. The van der Waals surface area contributed by atoms with Gasteiger partial charge in [-0.25, -0.2) is 4.98 Å². The predicted octanol–water partition coefficient (Wildman–Crippen LogP) is 3.98. The van der Waals surface area contributed by atoms with Crippen LogP contribution in [0.1, 0.15) is 17.1 Å². The van der Waals surface area contributed by atoms with Crippen LogP contribution in [0, 0.1) is 13.8 Å². The lowest BCUT2D eigenvalue weighted by Gasteiger charge is -2.11. The molecule has 3 rings (SSSR count). The highest BCUT2D eigenvalue weighted by molar-refractivity contribution is 6.29. The minimum atomic E-state index is 0.362. The van der Waals surface area contributed by atoms with Gasteiger partial charge in [-0.05, 0) is 19.4 Å². The van der Waals surface area contributed by atoms with Gasteiger partial charge >= 0.3 is 0 Å². The predicted molar refractivity (Wildman–Crippen MR) is 82.8 cm³/mol. The first kappa shape index (κ1) is 14.5. The third-order valence-electron chi connectivity index (χ3n) is 3.11. The van der Waals surface area contributed by atoms with Crippen LogP contribution in [0.25, 0.3) is 11.5 Å². The van der Waals surface area contributed by atoms with Crippen molar-refractivity contribution in [3.63, 3.8) is 0 Å². The molecular formula is C16H14ClN3O2. The maximum Gasteiger partial charge on any atom is 0.263 e. The molecule has 0 unspecified atom stereocenters. The first-order valence-corrected chi connectivity index (χ1v) is 7.16. The number of benzene rings is 1. The number of pyridine rings is 1. The van der Waals surface area contributed by atoms with Crippen LogP contribution in [-0.2, 0) is 6.61 Å². The summed E-state index contributed by atoms with van der Waals surface area (Å²) in [7, 11) is 0. The average Bonchev–Trinajstić information content (AvgIpc) is 2.91. The van der Waals surface area contributed by atoms with Crippen molar-refractivity contribution >= 4 is 11.6 Å². The first-order valence-electron chi connectivity index (χ1n) is 6.78. The zero-order chi connectivity index (χ0) is 15.5. The van der Waals surface area contributed by atoms with Crippen LogP contribution in [0.3, 0.4) is 0 Å². The molecule has 5 nitrogen and oxygen atoms in total. The molecule has 3 aromatic rings. The summed E-state index contributed by atoms with van der Waals surface area (Å²) in [6.07, 6.45) is 0. The van der Waals surface area contributed by atoms with E-state index < -0.39 is 0 Å². The molecule has 0 radical (unpaired) electrons. The molecule has 0 saturated carbocycles. The number of nitrogens with zero attached hydrogens (tertiary/aromatic N) is 3. The first-order chi connectivity index (χ1) is 10.6. The Bertz CT molecular complexity index is 787. The monoisotopic (exact) mass is 315 g/mol. The molecule has 0 aliphatic heterocycles. The Balaban J connectivity index is 1.95. The number of ether oxygens (including phenoxy) is 1. The molecular weight excluding hydrogens is 302 g/mol. The van der Waals surface area contributed by atoms with E-state index in [9.17, 15) is 0 Å². The van der Waals surface area contributed by atoms with Crippen molar-refractivity contribution in [1.82, 2.24) is 15.1 Å². The largest absolute Gasteiger partial charge is 0.488 e.